The number of aromatic nitrogens is 3. The highest BCUT2D eigenvalue weighted by molar-refractivity contribution is 5.97. The number of nitrogens with zero attached hydrogens (tertiary/aromatic N) is 4. The minimum atomic E-state index is -0.264. The summed E-state index contributed by atoms with van der Waals surface area (Å²) in [5.74, 6) is -0.0128. The number of nitrogens with one attached hydrogen (secondary N) is 2. The van der Waals surface area contributed by atoms with Gasteiger partial charge in [0.15, 0.2) is 0 Å². The molecule has 2 aromatic carbocycles. The van der Waals surface area contributed by atoms with Crippen molar-refractivity contribution in [2.45, 2.75) is 34.2 Å². The number of urea groups is 1. The van der Waals surface area contributed by atoms with E-state index >= 15 is 0 Å². The zero-order valence-corrected chi connectivity index (χ0v) is 17.9. The summed E-state index contributed by atoms with van der Waals surface area (Å²) in [4.78, 5) is 26.5. The second-order valence-corrected chi connectivity index (χ2v) is 7.19. The number of carbonyl (C=O) groups is 2. The Hall–Kier alpha value is -3.42. The van der Waals surface area contributed by atoms with Crippen LogP contribution in [0.2, 0.25) is 0 Å². The molecule has 2 N–H and O–H groups in total. The monoisotopic (exact) mass is 408 g/mol. The summed E-state index contributed by atoms with van der Waals surface area (Å²) < 4.78 is 1.72. The van der Waals surface area contributed by atoms with Gasteiger partial charge in [-0.3, -0.25) is 4.79 Å². The predicted molar refractivity (Wildman–Crippen MR) is 118 cm³/mol. The van der Waals surface area contributed by atoms with Crippen LogP contribution in [0.4, 0.5) is 10.5 Å². The van der Waals surface area contributed by atoms with Crippen LogP contribution in [0.25, 0.3) is 11.0 Å². The first-order valence-corrected chi connectivity index (χ1v) is 10.2. The van der Waals surface area contributed by atoms with Crippen molar-refractivity contribution < 1.29 is 9.59 Å². The molecule has 0 fully saturated rings. The van der Waals surface area contributed by atoms with Crippen molar-refractivity contribution in [1.82, 2.24) is 25.2 Å². The number of hydrogen-bond donors (Lipinski definition) is 2. The molecule has 0 aliphatic heterocycles. The van der Waals surface area contributed by atoms with Crippen molar-refractivity contribution in [3.8, 4) is 0 Å². The zero-order chi connectivity index (χ0) is 21.7. The Morgan fingerprint density at radius 1 is 1.07 bits per heavy atom. The lowest BCUT2D eigenvalue weighted by Gasteiger charge is -2.18. The molecule has 3 aromatic rings. The summed E-state index contributed by atoms with van der Waals surface area (Å²) in [6.07, 6.45) is 0. The first-order chi connectivity index (χ1) is 14.4. The average molecular weight is 409 g/mol. The second-order valence-electron chi connectivity index (χ2n) is 7.19. The van der Waals surface area contributed by atoms with E-state index in [1.807, 2.05) is 52.0 Å². The fourth-order valence-electron chi connectivity index (χ4n) is 3.28. The molecule has 3 rings (SSSR count). The Balaban J connectivity index is 1.60. The van der Waals surface area contributed by atoms with Gasteiger partial charge in [-0.1, -0.05) is 17.3 Å². The Bertz CT molecular complexity index is 1050. The molecule has 0 aliphatic carbocycles. The number of rotatable bonds is 7. The summed E-state index contributed by atoms with van der Waals surface area (Å²) in [5.41, 5.74) is 4.97. The van der Waals surface area contributed by atoms with Gasteiger partial charge in [0, 0.05) is 30.9 Å². The van der Waals surface area contributed by atoms with Gasteiger partial charge in [-0.25, -0.2) is 9.48 Å². The maximum Gasteiger partial charge on any atom is 0.319 e. The van der Waals surface area contributed by atoms with E-state index in [2.05, 4.69) is 20.9 Å². The summed E-state index contributed by atoms with van der Waals surface area (Å²) in [5, 5.41) is 14.0. The van der Waals surface area contributed by atoms with Crippen LogP contribution in [0.1, 0.15) is 35.3 Å². The molecule has 0 radical (unpaired) electrons. The van der Waals surface area contributed by atoms with Crippen molar-refractivity contribution >= 4 is 28.7 Å². The van der Waals surface area contributed by atoms with Gasteiger partial charge in [0.05, 0.1) is 12.1 Å². The lowest BCUT2D eigenvalue weighted by Crippen LogP contribution is -2.32. The molecular formula is C22H28N6O2. The molecule has 1 heterocycles. The summed E-state index contributed by atoms with van der Waals surface area (Å²) >= 11 is 0. The molecule has 8 nitrogen and oxygen atoms in total. The van der Waals surface area contributed by atoms with Crippen molar-refractivity contribution in [3.63, 3.8) is 0 Å². The molecule has 30 heavy (non-hydrogen) atoms. The van der Waals surface area contributed by atoms with Crippen LogP contribution < -0.4 is 10.6 Å². The Morgan fingerprint density at radius 2 is 1.83 bits per heavy atom. The Kier molecular flexibility index (Phi) is 6.66. The molecule has 0 aliphatic rings. The normalized spacial score (nSPS) is 10.8. The highest BCUT2D eigenvalue weighted by atomic mass is 16.2. The lowest BCUT2D eigenvalue weighted by molar-refractivity contribution is 0.0773. The topological polar surface area (TPSA) is 92.2 Å². The number of fused-ring (bicyclic) bond motifs is 1. The van der Waals surface area contributed by atoms with Crippen LogP contribution in [0.15, 0.2) is 36.4 Å². The molecule has 0 unspecified atom stereocenters. The van der Waals surface area contributed by atoms with Crippen LogP contribution in [0, 0.1) is 13.8 Å². The molecule has 0 atom stereocenters. The molecule has 1 aromatic heterocycles. The molecule has 0 bridgehead atoms. The standard InChI is InChI=1S/C22H28N6O2/c1-5-27(6-2)21(29)17-9-10-20-19(14-17)25-26-28(20)12-11-23-22(30)24-18-13-15(3)7-8-16(18)4/h7-10,13-14H,5-6,11-12H2,1-4H3,(H2,23,24,30). The van der Waals surface area contributed by atoms with E-state index in [4.69, 9.17) is 0 Å². The number of benzene rings is 2. The van der Waals surface area contributed by atoms with Gasteiger partial charge in [-0.15, -0.1) is 5.10 Å². The van der Waals surface area contributed by atoms with Crippen LogP contribution in [-0.2, 0) is 6.54 Å². The van der Waals surface area contributed by atoms with Gasteiger partial charge in [0.2, 0.25) is 0 Å². The Morgan fingerprint density at radius 3 is 2.57 bits per heavy atom. The molecule has 0 spiro atoms. The number of carbonyl (C=O) groups excluding carboxylic acids is 2. The summed E-state index contributed by atoms with van der Waals surface area (Å²) in [6, 6.07) is 11.1. The van der Waals surface area contributed by atoms with E-state index in [0.29, 0.717) is 37.3 Å². The maximum absolute atomic E-state index is 12.5. The van der Waals surface area contributed by atoms with Crippen LogP contribution in [0.3, 0.4) is 0 Å². The van der Waals surface area contributed by atoms with E-state index in [1.165, 1.54) is 0 Å². The minimum Gasteiger partial charge on any atom is -0.339 e. The van der Waals surface area contributed by atoms with Gasteiger partial charge in [0.1, 0.15) is 5.52 Å². The molecular weight excluding hydrogens is 380 g/mol. The molecule has 8 heteroatoms. The third-order valence-electron chi connectivity index (χ3n) is 5.06. The minimum absolute atomic E-state index is 0.0128. The number of amides is 3. The van der Waals surface area contributed by atoms with Crippen molar-refractivity contribution in [1.29, 1.82) is 0 Å². The van der Waals surface area contributed by atoms with Gasteiger partial charge in [-0.2, -0.15) is 0 Å². The lowest BCUT2D eigenvalue weighted by atomic mass is 10.1. The predicted octanol–water partition coefficient (Wildman–Crippen LogP) is 3.35. The van der Waals surface area contributed by atoms with E-state index in [-0.39, 0.29) is 11.9 Å². The van der Waals surface area contributed by atoms with E-state index in [0.717, 1.165) is 22.3 Å². The number of anilines is 1. The molecule has 0 saturated carbocycles. The first kappa shape index (κ1) is 21.3. The smallest absolute Gasteiger partial charge is 0.319 e. The molecule has 158 valence electrons. The van der Waals surface area contributed by atoms with Gasteiger partial charge in [-0.05, 0) is 63.1 Å². The van der Waals surface area contributed by atoms with Gasteiger partial charge < -0.3 is 15.5 Å². The fourth-order valence-corrected chi connectivity index (χ4v) is 3.28. The summed E-state index contributed by atoms with van der Waals surface area (Å²) in [7, 11) is 0. The van der Waals surface area contributed by atoms with Crippen molar-refractivity contribution in [2.75, 3.05) is 25.0 Å². The van der Waals surface area contributed by atoms with E-state index in [1.54, 1.807) is 21.7 Å². The SMILES string of the molecule is CCN(CC)C(=O)c1ccc2c(c1)nnn2CCNC(=O)Nc1cc(C)ccc1C. The first-order valence-electron chi connectivity index (χ1n) is 10.2. The van der Waals surface area contributed by atoms with Gasteiger partial charge in [0.25, 0.3) is 5.91 Å². The summed E-state index contributed by atoms with van der Waals surface area (Å²) in [6.45, 7) is 10.1. The van der Waals surface area contributed by atoms with E-state index in [9.17, 15) is 9.59 Å². The fraction of sp³-hybridized carbons (Fsp3) is 0.364. The van der Waals surface area contributed by atoms with Gasteiger partial charge >= 0.3 is 6.03 Å². The third kappa shape index (κ3) is 4.76. The highest BCUT2D eigenvalue weighted by Crippen LogP contribution is 2.17. The largest absolute Gasteiger partial charge is 0.339 e. The second kappa shape index (κ2) is 9.39. The maximum atomic E-state index is 12.5. The van der Waals surface area contributed by atoms with Crippen molar-refractivity contribution in [3.05, 3.63) is 53.1 Å². The average Bonchev–Trinajstić information content (AvgIpc) is 3.14. The van der Waals surface area contributed by atoms with Crippen LogP contribution >= 0.6 is 0 Å². The quantitative estimate of drug-likeness (QED) is 0.627. The number of hydrogen-bond acceptors (Lipinski definition) is 4. The Labute approximate surface area is 176 Å². The van der Waals surface area contributed by atoms with Crippen LogP contribution in [0.5, 0.6) is 0 Å². The zero-order valence-electron chi connectivity index (χ0n) is 17.9. The van der Waals surface area contributed by atoms with E-state index < -0.39 is 0 Å². The molecule has 0 saturated heterocycles. The third-order valence-corrected chi connectivity index (χ3v) is 5.06. The van der Waals surface area contributed by atoms with Crippen molar-refractivity contribution in [2.24, 2.45) is 0 Å². The highest BCUT2D eigenvalue weighted by Gasteiger charge is 2.14. The number of aryl methyl sites for hydroxylation is 2. The molecule has 3 amide bonds. The van der Waals surface area contributed by atoms with Crippen LogP contribution in [-0.4, -0.2) is 51.5 Å².